The summed E-state index contributed by atoms with van der Waals surface area (Å²) in [6, 6.07) is 5.87. The highest BCUT2D eigenvalue weighted by Gasteiger charge is 2.35. The van der Waals surface area contributed by atoms with Crippen molar-refractivity contribution in [3.05, 3.63) is 71.9 Å². The second kappa shape index (κ2) is 31.8. The number of carboxylic acids is 1. The van der Waals surface area contributed by atoms with Crippen LogP contribution in [-0.4, -0.2) is 150 Å². The molecule has 7 atom stereocenters. The van der Waals surface area contributed by atoms with Crippen LogP contribution in [0.3, 0.4) is 0 Å². The van der Waals surface area contributed by atoms with Gasteiger partial charge in [-0.05, 0) is 75.0 Å². The first-order chi connectivity index (χ1) is 37.2. The zero-order valence-corrected chi connectivity index (χ0v) is 43.6. The molecule has 0 bridgehead atoms. The highest BCUT2D eigenvalue weighted by molar-refractivity contribution is 5.98. The van der Waals surface area contributed by atoms with E-state index in [1.54, 1.807) is 42.6 Å². The molecule has 0 spiro atoms. The Morgan fingerprint density at radius 1 is 0.654 bits per heavy atom. The van der Waals surface area contributed by atoms with Crippen LogP contribution in [0.15, 0.2) is 75.8 Å². The van der Waals surface area contributed by atoms with Gasteiger partial charge in [0.15, 0.2) is 17.9 Å². The Morgan fingerprint density at radius 3 is 1.77 bits per heavy atom. The van der Waals surface area contributed by atoms with Gasteiger partial charge in [0.05, 0.1) is 0 Å². The van der Waals surface area contributed by atoms with Gasteiger partial charge >= 0.3 is 5.97 Å². The van der Waals surface area contributed by atoms with Crippen molar-refractivity contribution in [2.75, 3.05) is 26.2 Å². The Balaban J connectivity index is 1.80. The summed E-state index contributed by atoms with van der Waals surface area (Å²) in [4.78, 5) is 140. The van der Waals surface area contributed by atoms with Gasteiger partial charge in [-0.15, -0.1) is 0 Å². The Hall–Kier alpha value is -8.98. The van der Waals surface area contributed by atoms with Crippen molar-refractivity contribution in [1.29, 1.82) is 0 Å². The first-order valence-electron chi connectivity index (χ1n) is 25.5. The fraction of sp³-hybridized carbons (Fsp3) is 0.480. The van der Waals surface area contributed by atoms with Crippen LogP contribution >= 0.6 is 0 Å². The largest absolute Gasteiger partial charge is 0.480 e. The van der Waals surface area contributed by atoms with E-state index in [-0.39, 0.29) is 121 Å². The molecule has 1 aliphatic heterocycles. The Morgan fingerprint density at radius 2 is 1.18 bits per heavy atom. The zero-order chi connectivity index (χ0) is 57.1. The number of carboxylic acid groups (broad SMARTS) is 1. The number of aliphatic carboxylic acids is 1. The van der Waals surface area contributed by atoms with Crippen LogP contribution in [0.2, 0.25) is 0 Å². The number of H-pyrrole nitrogens is 1. The number of rotatable bonds is 20. The number of aromatic amines is 1. The molecule has 1 aliphatic rings. The molecule has 3 aromatic rings. The van der Waals surface area contributed by atoms with Gasteiger partial charge in [-0.1, -0.05) is 48.5 Å². The van der Waals surface area contributed by atoms with Crippen molar-refractivity contribution in [2.45, 2.75) is 126 Å². The SMILES string of the molecule is CC(=O)N[C@@H](CCCN=C(N)N)C(=O)N[C@H]1CCC(=O)NCCC[C@@H](C(=O)O)NC(=O)[C@H](Cc2c[nH]c3ccccc23)NC(=O)[C@H](CCCN=C(N)N)NC(=O)[C@@H](Cc2ccccc2)NC(=O)[C@H](CCCN=C(N)N)NC1=O. The van der Waals surface area contributed by atoms with Crippen LogP contribution in [0, 0.1) is 0 Å². The summed E-state index contributed by atoms with van der Waals surface area (Å²) >= 11 is 0. The number of guanidine groups is 3. The summed E-state index contributed by atoms with van der Waals surface area (Å²) in [5.74, 6) is -8.43. The number of carbonyl (C=O) groups excluding carboxylic acids is 8. The summed E-state index contributed by atoms with van der Waals surface area (Å²) in [5, 5.41) is 32.2. The summed E-state index contributed by atoms with van der Waals surface area (Å²) in [6.45, 7) is 1.25. The van der Waals surface area contributed by atoms with E-state index in [0.717, 1.165) is 10.9 Å². The lowest BCUT2D eigenvalue weighted by atomic mass is 10.0. The van der Waals surface area contributed by atoms with E-state index in [9.17, 15) is 48.3 Å². The van der Waals surface area contributed by atoms with E-state index in [1.165, 1.54) is 6.92 Å². The van der Waals surface area contributed by atoms with Gasteiger partial charge < -0.3 is 87.0 Å². The number of carbonyl (C=O) groups is 9. The Labute approximate surface area is 450 Å². The number of nitrogens with zero attached hydrogens (tertiary/aromatic N) is 3. The first-order valence-corrected chi connectivity index (χ1v) is 25.5. The third-order valence-corrected chi connectivity index (χ3v) is 12.3. The summed E-state index contributed by atoms with van der Waals surface area (Å²) in [6.07, 6.45) is 0.801. The van der Waals surface area contributed by atoms with E-state index in [2.05, 4.69) is 62.5 Å². The molecule has 28 nitrogen and oxygen atoms in total. The number of fused-ring (bicyclic) bond motifs is 1. The summed E-state index contributed by atoms with van der Waals surface area (Å²) < 4.78 is 0. The zero-order valence-electron chi connectivity index (χ0n) is 43.6. The molecule has 22 N–H and O–H groups in total. The number of nitrogens with two attached hydrogens (primary N) is 6. The number of hydrogen-bond acceptors (Lipinski definition) is 12. The molecule has 0 radical (unpaired) electrons. The number of para-hydroxylation sites is 1. The van der Waals surface area contributed by atoms with Gasteiger partial charge in [0.2, 0.25) is 47.3 Å². The van der Waals surface area contributed by atoms with Crippen molar-refractivity contribution < 1.29 is 48.3 Å². The molecule has 78 heavy (non-hydrogen) atoms. The van der Waals surface area contributed by atoms with Gasteiger partial charge in [-0.3, -0.25) is 53.3 Å². The smallest absolute Gasteiger partial charge is 0.326 e. The molecule has 4 rings (SSSR count). The van der Waals surface area contributed by atoms with Crippen molar-refractivity contribution in [3.8, 4) is 0 Å². The number of amides is 8. The number of aromatic nitrogens is 1. The minimum Gasteiger partial charge on any atom is -0.480 e. The van der Waals surface area contributed by atoms with E-state index in [4.69, 9.17) is 34.4 Å². The van der Waals surface area contributed by atoms with Gasteiger partial charge in [0, 0.05) is 69.5 Å². The van der Waals surface area contributed by atoms with E-state index < -0.39 is 95.5 Å². The van der Waals surface area contributed by atoms with Crippen LogP contribution in [-0.2, 0) is 56.0 Å². The van der Waals surface area contributed by atoms with Gasteiger partial charge in [0.1, 0.15) is 42.3 Å². The van der Waals surface area contributed by atoms with Crippen LogP contribution in [0.25, 0.3) is 10.9 Å². The molecule has 8 amide bonds. The predicted molar refractivity (Wildman–Crippen MR) is 290 cm³/mol. The van der Waals surface area contributed by atoms with Crippen molar-refractivity contribution in [3.63, 3.8) is 0 Å². The number of nitrogens with one attached hydrogen (secondary N) is 9. The molecule has 424 valence electrons. The van der Waals surface area contributed by atoms with Crippen molar-refractivity contribution >= 4 is 82.0 Å². The number of hydrogen-bond donors (Lipinski definition) is 16. The normalized spacial score (nSPS) is 20.6. The van der Waals surface area contributed by atoms with E-state index >= 15 is 0 Å². The Kier molecular flexibility index (Phi) is 25.1. The third-order valence-electron chi connectivity index (χ3n) is 12.3. The average Bonchev–Trinajstić information content (AvgIpc) is 3.80. The first kappa shape index (κ1) is 61.6. The third kappa shape index (κ3) is 21.7. The minimum atomic E-state index is -1.52. The molecular weight excluding hydrogens is 1010 g/mol. The molecule has 28 heteroatoms. The highest BCUT2D eigenvalue weighted by Crippen LogP contribution is 2.20. The molecule has 0 saturated carbocycles. The topological polar surface area (TPSA) is 479 Å². The lowest BCUT2D eigenvalue weighted by Gasteiger charge is -2.28. The molecule has 1 aromatic heterocycles. The molecule has 0 aliphatic carbocycles. The lowest BCUT2D eigenvalue weighted by molar-refractivity contribution is -0.142. The Bertz CT molecular complexity index is 2630. The monoisotopic (exact) mass is 1090 g/mol. The van der Waals surface area contributed by atoms with Gasteiger partial charge in [0.25, 0.3) is 0 Å². The fourth-order valence-electron chi connectivity index (χ4n) is 8.41. The highest BCUT2D eigenvalue weighted by atomic mass is 16.4. The van der Waals surface area contributed by atoms with Crippen LogP contribution in [0.1, 0.15) is 82.3 Å². The maximum absolute atomic E-state index is 14.7. The second-order valence-electron chi connectivity index (χ2n) is 18.6. The fourth-order valence-corrected chi connectivity index (χ4v) is 8.41. The quantitative estimate of drug-likeness (QED) is 0.0294. The van der Waals surface area contributed by atoms with Crippen molar-refractivity contribution in [1.82, 2.24) is 47.5 Å². The average molecular weight is 1090 g/mol. The molecular formula is C50H74N18O10. The molecule has 1 fully saturated rings. The minimum absolute atomic E-state index is 0.0116. The van der Waals surface area contributed by atoms with Gasteiger partial charge in [-0.25, -0.2) is 4.79 Å². The molecule has 2 aromatic carbocycles. The van der Waals surface area contributed by atoms with Crippen molar-refractivity contribution in [2.24, 2.45) is 49.4 Å². The second-order valence-corrected chi connectivity index (χ2v) is 18.6. The molecule has 1 saturated heterocycles. The molecule has 2 heterocycles. The lowest BCUT2D eigenvalue weighted by Crippen LogP contribution is -2.60. The van der Waals surface area contributed by atoms with Crippen LogP contribution in [0.4, 0.5) is 0 Å². The van der Waals surface area contributed by atoms with E-state index in [0.29, 0.717) is 11.1 Å². The van der Waals surface area contributed by atoms with Crippen LogP contribution in [0.5, 0.6) is 0 Å². The van der Waals surface area contributed by atoms with Gasteiger partial charge in [-0.2, -0.15) is 0 Å². The summed E-state index contributed by atoms with van der Waals surface area (Å²) in [5.41, 5.74) is 35.1. The maximum atomic E-state index is 14.7. The number of benzene rings is 2. The predicted octanol–water partition coefficient (Wildman–Crippen LogP) is -3.70. The number of aliphatic imine (C=N–C) groups is 3. The van der Waals surface area contributed by atoms with E-state index in [1.807, 2.05) is 18.2 Å². The van der Waals surface area contributed by atoms with Crippen LogP contribution < -0.4 is 76.9 Å². The standard InChI is InChI=1S/C50H74N18O10/c1-28(69)62-33(15-7-22-58-48(51)52)41(71)65-36-19-20-40(70)57-21-10-18-37(47(77)78)66-46(76)39(26-30-27-61-32-14-6-5-13-31(30)32)68-43(73)35(17-9-24-60-50(55)56)64-45(75)38(25-29-11-3-2-4-12-29)67-42(72)34(63-44(36)74)16-8-23-59-49(53)54/h2-6,11-14,27,33-39,61H,7-10,15-26H2,1H3,(H,57,70)(H,62,69)(H,63,74)(H,64,75)(H,65,71)(H,66,76)(H,67,72)(H,68,73)(H,77,78)(H4,51,52,58)(H4,53,54,59)(H4,55,56,60)/t33-,34-,35-,36-,37-,38+,39-/m0/s1. The maximum Gasteiger partial charge on any atom is 0.326 e. The summed E-state index contributed by atoms with van der Waals surface area (Å²) in [7, 11) is 0. The molecule has 0 unspecified atom stereocenters.